The fraction of sp³-hybridized carbons (Fsp3) is 0.529. The standard InChI is InChI=1S/C17H24N2O4/c1-5-18-6-7-19(12(2)17(18)21)16(20)10-13-8-14(22-3)11-15(9-13)23-4/h8-9,11-12H,5-7,10H2,1-4H3/t12-/m0/s1. The van der Waals surface area contributed by atoms with Crippen molar-refractivity contribution < 1.29 is 19.1 Å². The lowest BCUT2D eigenvalue weighted by Crippen LogP contribution is -2.57. The van der Waals surface area contributed by atoms with Gasteiger partial charge in [-0.15, -0.1) is 0 Å². The van der Waals surface area contributed by atoms with Gasteiger partial charge < -0.3 is 19.3 Å². The van der Waals surface area contributed by atoms with Crippen LogP contribution < -0.4 is 9.47 Å². The van der Waals surface area contributed by atoms with Crippen molar-refractivity contribution in [2.45, 2.75) is 26.3 Å². The third kappa shape index (κ3) is 3.75. The molecule has 0 spiro atoms. The van der Waals surface area contributed by atoms with Crippen LogP contribution in [0.15, 0.2) is 18.2 Å². The van der Waals surface area contributed by atoms with E-state index in [1.54, 1.807) is 37.0 Å². The Morgan fingerprint density at radius 2 is 1.78 bits per heavy atom. The third-order valence-corrected chi connectivity index (χ3v) is 4.22. The van der Waals surface area contributed by atoms with Crippen LogP contribution in [0.5, 0.6) is 11.5 Å². The molecule has 0 radical (unpaired) electrons. The van der Waals surface area contributed by atoms with Gasteiger partial charge in [0.15, 0.2) is 0 Å². The second-order valence-electron chi connectivity index (χ2n) is 5.58. The van der Waals surface area contributed by atoms with E-state index in [2.05, 4.69) is 0 Å². The molecule has 1 fully saturated rings. The van der Waals surface area contributed by atoms with Gasteiger partial charge in [-0.25, -0.2) is 0 Å². The molecule has 0 aliphatic carbocycles. The van der Waals surface area contributed by atoms with Gasteiger partial charge >= 0.3 is 0 Å². The number of ether oxygens (including phenoxy) is 2. The molecule has 1 aliphatic heterocycles. The molecule has 1 heterocycles. The second kappa shape index (κ2) is 7.35. The van der Waals surface area contributed by atoms with Crippen LogP contribution in [-0.4, -0.2) is 61.5 Å². The molecule has 1 aromatic carbocycles. The van der Waals surface area contributed by atoms with E-state index in [0.29, 0.717) is 31.1 Å². The zero-order valence-electron chi connectivity index (χ0n) is 14.2. The van der Waals surface area contributed by atoms with Gasteiger partial charge in [0.2, 0.25) is 11.8 Å². The Hall–Kier alpha value is -2.24. The van der Waals surface area contributed by atoms with Crippen LogP contribution >= 0.6 is 0 Å². The number of carbonyl (C=O) groups excluding carboxylic acids is 2. The maximum Gasteiger partial charge on any atom is 0.245 e. The van der Waals surface area contributed by atoms with Crippen LogP contribution in [0.1, 0.15) is 19.4 Å². The van der Waals surface area contributed by atoms with Gasteiger partial charge in [0.05, 0.1) is 20.6 Å². The van der Waals surface area contributed by atoms with Crippen molar-refractivity contribution >= 4 is 11.8 Å². The Bertz CT molecular complexity index is 566. The van der Waals surface area contributed by atoms with Crippen molar-refractivity contribution in [2.24, 2.45) is 0 Å². The van der Waals surface area contributed by atoms with E-state index >= 15 is 0 Å². The van der Waals surface area contributed by atoms with Crippen LogP contribution in [-0.2, 0) is 16.0 Å². The van der Waals surface area contributed by atoms with Crippen LogP contribution in [0, 0.1) is 0 Å². The van der Waals surface area contributed by atoms with Gasteiger partial charge in [-0.1, -0.05) is 0 Å². The molecular formula is C17H24N2O4. The molecule has 1 atom stereocenters. The predicted molar refractivity (Wildman–Crippen MR) is 86.7 cm³/mol. The number of benzene rings is 1. The Morgan fingerprint density at radius 1 is 1.17 bits per heavy atom. The van der Waals surface area contributed by atoms with Gasteiger partial charge in [-0.2, -0.15) is 0 Å². The van der Waals surface area contributed by atoms with Crippen molar-refractivity contribution in [1.82, 2.24) is 9.80 Å². The fourth-order valence-corrected chi connectivity index (χ4v) is 2.83. The lowest BCUT2D eigenvalue weighted by Gasteiger charge is -2.38. The highest BCUT2D eigenvalue weighted by Gasteiger charge is 2.33. The summed E-state index contributed by atoms with van der Waals surface area (Å²) >= 11 is 0. The summed E-state index contributed by atoms with van der Waals surface area (Å²) < 4.78 is 10.5. The van der Waals surface area contributed by atoms with E-state index in [9.17, 15) is 9.59 Å². The predicted octanol–water partition coefficient (Wildman–Crippen LogP) is 1.33. The van der Waals surface area contributed by atoms with Gasteiger partial charge in [0.1, 0.15) is 17.5 Å². The molecule has 2 amide bonds. The quantitative estimate of drug-likeness (QED) is 0.821. The van der Waals surface area contributed by atoms with Crippen LogP contribution in [0.3, 0.4) is 0 Å². The van der Waals surface area contributed by atoms with E-state index in [-0.39, 0.29) is 18.2 Å². The number of rotatable bonds is 5. The van der Waals surface area contributed by atoms with Crippen LogP contribution in [0.2, 0.25) is 0 Å². The number of carbonyl (C=O) groups is 2. The van der Waals surface area contributed by atoms with E-state index in [1.807, 2.05) is 19.1 Å². The van der Waals surface area contributed by atoms with Crippen LogP contribution in [0.25, 0.3) is 0 Å². The summed E-state index contributed by atoms with van der Waals surface area (Å²) in [5.74, 6) is 1.24. The first-order chi connectivity index (χ1) is 11.0. The van der Waals surface area contributed by atoms with Gasteiger partial charge in [0, 0.05) is 25.7 Å². The highest BCUT2D eigenvalue weighted by atomic mass is 16.5. The minimum absolute atomic E-state index is 0.00956. The normalized spacial score (nSPS) is 18.1. The summed E-state index contributed by atoms with van der Waals surface area (Å²) in [6, 6.07) is 4.98. The lowest BCUT2D eigenvalue weighted by atomic mass is 10.1. The molecule has 2 rings (SSSR count). The number of piperazine rings is 1. The smallest absolute Gasteiger partial charge is 0.245 e. The summed E-state index contributed by atoms with van der Waals surface area (Å²) in [5, 5.41) is 0. The van der Waals surface area contributed by atoms with Gasteiger partial charge in [0.25, 0.3) is 0 Å². The summed E-state index contributed by atoms with van der Waals surface area (Å²) in [5.41, 5.74) is 0.809. The van der Waals surface area contributed by atoms with E-state index < -0.39 is 6.04 Å². The summed E-state index contributed by atoms with van der Waals surface area (Å²) in [6.45, 7) is 5.57. The van der Waals surface area contributed by atoms with Crippen molar-refractivity contribution in [2.75, 3.05) is 33.9 Å². The number of methoxy groups -OCH3 is 2. The molecular weight excluding hydrogens is 296 g/mol. The lowest BCUT2D eigenvalue weighted by molar-refractivity contribution is -0.150. The van der Waals surface area contributed by atoms with Gasteiger partial charge in [-0.05, 0) is 31.5 Å². The molecule has 0 saturated carbocycles. The Labute approximate surface area is 137 Å². The van der Waals surface area contributed by atoms with Crippen molar-refractivity contribution in [3.63, 3.8) is 0 Å². The summed E-state index contributed by atoms with van der Waals surface area (Å²) in [6.07, 6.45) is 0.220. The maximum atomic E-state index is 12.6. The van der Waals surface area contributed by atoms with Gasteiger partial charge in [-0.3, -0.25) is 9.59 Å². The number of hydrogen-bond donors (Lipinski definition) is 0. The zero-order chi connectivity index (χ0) is 17.0. The van der Waals surface area contributed by atoms with E-state index in [0.717, 1.165) is 5.56 Å². The first-order valence-electron chi connectivity index (χ1n) is 7.80. The second-order valence-corrected chi connectivity index (χ2v) is 5.58. The molecule has 0 N–H and O–H groups in total. The SMILES string of the molecule is CCN1CCN(C(=O)Cc2cc(OC)cc(OC)c2)[C@@H](C)C1=O. The molecule has 126 valence electrons. The Morgan fingerprint density at radius 3 is 2.30 bits per heavy atom. The minimum Gasteiger partial charge on any atom is -0.497 e. The number of hydrogen-bond acceptors (Lipinski definition) is 4. The number of nitrogens with zero attached hydrogens (tertiary/aromatic N) is 2. The number of amides is 2. The highest BCUT2D eigenvalue weighted by Crippen LogP contribution is 2.23. The molecule has 23 heavy (non-hydrogen) atoms. The zero-order valence-corrected chi connectivity index (χ0v) is 14.2. The molecule has 0 aromatic heterocycles. The van der Waals surface area contributed by atoms with Crippen molar-refractivity contribution in [3.05, 3.63) is 23.8 Å². The fourth-order valence-electron chi connectivity index (χ4n) is 2.83. The minimum atomic E-state index is -0.413. The topological polar surface area (TPSA) is 59.1 Å². The van der Waals surface area contributed by atoms with E-state index in [1.165, 1.54) is 0 Å². The number of likely N-dealkylation sites (N-methyl/N-ethyl adjacent to an activating group) is 1. The highest BCUT2D eigenvalue weighted by molar-refractivity contribution is 5.89. The largest absolute Gasteiger partial charge is 0.497 e. The molecule has 6 nitrogen and oxygen atoms in total. The average Bonchev–Trinajstić information content (AvgIpc) is 2.56. The molecule has 0 bridgehead atoms. The van der Waals surface area contributed by atoms with Crippen LogP contribution in [0.4, 0.5) is 0 Å². The molecule has 0 unspecified atom stereocenters. The molecule has 1 aromatic rings. The summed E-state index contributed by atoms with van der Waals surface area (Å²) in [4.78, 5) is 28.2. The first-order valence-corrected chi connectivity index (χ1v) is 7.80. The first kappa shape index (κ1) is 17.1. The van der Waals surface area contributed by atoms with Crippen molar-refractivity contribution in [1.29, 1.82) is 0 Å². The Kier molecular flexibility index (Phi) is 5.47. The monoisotopic (exact) mass is 320 g/mol. The summed E-state index contributed by atoms with van der Waals surface area (Å²) in [7, 11) is 3.15. The van der Waals surface area contributed by atoms with E-state index in [4.69, 9.17) is 9.47 Å². The third-order valence-electron chi connectivity index (χ3n) is 4.22. The molecule has 1 aliphatic rings. The Balaban J connectivity index is 2.11. The van der Waals surface area contributed by atoms with Crippen molar-refractivity contribution in [3.8, 4) is 11.5 Å². The molecule has 6 heteroatoms. The molecule has 1 saturated heterocycles. The maximum absolute atomic E-state index is 12.6. The average molecular weight is 320 g/mol.